The summed E-state index contributed by atoms with van der Waals surface area (Å²) in [5.74, 6) is -0.198. The molecule has 0 aliphatic carbocycles. The molecule has 3 aromatic rings. The molecule has 0 atom stereocenters. The van der Waals surface area contributed by atoms with Crippen molar-refractivity contribution < 1.29 is 4.79 Å². The predicted octanol–water partition coefficient (Wildman–Crippen LogP) is 3.28. The van der Waals surface area contributed by atoms with Crippen molar-refractivity contribution in [3.8, 4) is 0 Å². The Morgan fingerprint density at radius 2 is 1.67 bits per heavy atom. The van der Waals surface area contributed by atoms with E-state index in [0.29, 0.717) is 5.69 Å². The molecule has 4 heteroatoms. The zero-order valence-electron chi connectivity index (χ0n) is 11.2. The van der Waals surface area contributed by atoms with E-state index in [1.54, 1.807) is 12.3 Å². The monoisotopic (exact) mass is 275 g/mol. The summed E-state index contributed by atoms with van der Waals surface area (Å²) in [6.07, 6.45) is 4.75. The van der Waals surface area contributed by atoms with Gasteiger partial charge in [0.15, 0.2) is 0 Å². The highest BCUT2D eigenvalue weighted by Gasteiger charge is 1.99. The maximum atomic E-state index is 11.8. The van der Waals surface area contributed by atoms with Gasteiger partial charge in [-0.05, 0) is 30.3 Å². The van der Waals surface area contributed by atoms with Crippen LogP contribution in [0.15, 0.2) is 66.9 Å². The van der Waals surface area contributed by atoms with Crippen molar-refractivity contribution in [1.82, 2.24) is 9.97 Å². The van der Waals surface area contributed by atoms with Gasteiger partial charge in [-0.2, -0.15) is 0 Å². The van der Waals surface area contributed by atoms with Gasteiger partial charge < -0.3 is 5.32 Å². The lowest BCUT2D eigenvalue weighted by Crippen LogP contribution is -2.07. The third-order valence-electron chi connectivity index (χ3n) is 2.91. The first kappa shape index (κ1) is 13.0. The Bertz CT molecular complexity index is 797. The number of hydrogen-bond donors (Lipinski definition) is 1. The Balaban J connectivity index is 1.73. The van der Waals surface area contributed by atoms with Gasteiger partial charge in [0.1, 0.15) is 0 Å². The van der Waals surface area contributed by atoms with Crippen LogP contribution in [0.3, 0.4) is 0 Å². The molecular weight excluding hydrogens is 262 g/mol. The van der Waals surface area contributed by atoms with Crippen molar-refractivity contribution in [2.45, 2.75) is 0 Å². The molecule has 0 spiro atoms. The molecule has 3 rings (SSSR count). The van der Waals surface area contributed by atoms with Gasteiger partial charge >= 0.3 is 0 Å². The van der Waals surface area contributed by atoms with E-state index in [0.717, 1.165) is 16.7 Å². The molecule has 1 heterocycles. The molecule has 0 saturated heterocycles. The number of benzene rings is 2. The minimum Gasteiger partial charge on any atom is -0.323 e. The number of carbonyl (C=O) groups excluding carboxylic acids is 1. The van der Waals surface area contributed by atoms with Gasteiger partial charge in [0.25, 0.3) is 0 Å². The van der Waals surface area contributed by atoms with Crippen LogP contribution < -0.4 is 5.32 Å². The maximum Gasteiger partial charge on any atom is 0.248 e. The summed E-state index contributed by atoms with van der Waals surface area (Å²) in [6.45, 7) is 0. The second kappa shape index (κ2) is 5.96. The van der Waals surface area contributed by atoms with Crippen molar-refractivity contribution in [2.24, 2.45) is 0 Å². The van der Waals surface area contributed by atoms with Gasteiger partial charge in [-0.3, -0.25) is 9.78 Å². The predicted molar refractivity (Wildman–Crippen MR) is 83.6 cm³/mol. The first-order valence-electron chi connectivity index (χ1n) is 6.57. The van der Waals surface area contributed by atoms with Gasteiger partial charge in [0.05, 0.1) is 22.9 Å². The van der Waals surface area contributed by atoms with E-state index in [1.165, 1.54) is 6.08 Å². The Morgan fingerprint density at radius 3 is 2.48 bits per heavy atom. The van der Waals surface area contributed by atoms with E-state index in [1.807, 2.05) is 54.6 Å². The molecule has 0 fully saturated rings. The number of anilines is 1. The SMILES string of the molecule is O=C(C=Cc1cnc2ccccc2n1)Nc1ccccc1. The van der Waals surface area contributed by atoms with Crippen molar-refractivity contribution in [2.75, 3.05) is 5.32 Å². The van der Waals surface area contributed by atoms with Crippen molar-refractivity contribution in [3.63, 3.8) is 0 Å². The maximum absolute atomic E-state index is 11.8. The second-order valence-electron chi connectivity index (χ2n) is 4.47. The number of nitrogens with one attached hydrogen (secondary N) is 1. The molecule has 0 unspecified atom stereocenters. The number of fused-ring (bicyclic) bond motifs is 1. The van der Waals surface area contributed by atoms with Crippen molar-refractivity contribution in [1.29, 1.82) is 0 Å². The molecule has 0 saturated carbocycles. The first-order chi connectivity index (χ1) is 10.3. The van der Waals surface area contributed by atoms with Crippen molar-refractivity contribution >= 4 is 28.7 Å². The summed E-state index contributed by atoms with van der Waals surface area (Å²) in [4.78, 5) is 20.5. The fourth-order valence-electron chi connectivity index (χ4n) is 1.92. The molecule has 4 nitrogen and oxygen atoms in total. The van der Waals surface area contributed by atoms with E-state index < -0.39 is 0 Å². The van der Waals surface area contributed by atoms with Crippen LogP contribution >= 0.6 is 0 Å². The Morgan fingerprint density at radius 1 is 0.952 bits per heavy atom. The van der Waals surface area contributed by atoms with Crippen LogP contribution in [0.2, 0.25) is 0 Å². The van der Waals surface area contributed by atoms with Crippen LogP contribution in [0, 0.1) is 0 Å². The van der Waals surface area contributed by atoms with E-state index in [4.69, 9.17) is 0 Å². The number of amides is 1. The number of para-hydroxylation sites is 3. The van der Waals surface area contributed by atoms with Gasteiger partial charge in [0.2, 0.25) is 5.91 Å². The fourth-order valence-corrected chi connectivity index (χ4v) is 1.92. The zero-order valence-corrected chi connectivity index (χ0v) is 11.2. The van der Waals surface area contributed by atoms with E-state index in [9.17, 15) is 4.79 Å². The van der Waals surface area contributed by atoms with Crippen molar-refractivity contribution in [3.05, 3.63) is 72.6 Å². The topological polar surface area (TPSA) is 54.9 Å². The highest BCUT2D eigenvalue weighted by atomic mass is 16.1. The third kappa shape index (κ3) is 3.30. The third-order valence-corrected chi connectivity index (χ3v) is 2.91. The molecule has 1 aromatic heterocycles. The van der Waals surface area contributed by atoms with Crippen LogP contribution in [0.5, 0.6) is 0 Å². The first-order valence-corrected chi connectivity index (χ1v) is 6.57. The number of rotatable bonds is 3. The van der Waals surface area contributed by atoms with Gasteiger partial charge in [-0.1, -0.05) is 30.3 Å². The molecular formula is C17H13N3O. The van der Waals surface area contributed by atoms with Gasteiger partial charge in [-0.15, -0.1) is 0 Å². The van der Waals surface area contributed by atoms with Crippen LogP contribution in [0.4, 0.5) is 5.69 Å². The van der Waals surface area contributed by atoms with Crippen LogP contribution in [0.25, 0.3) is 17.1 Å². The second-order valence-corrected chi connectivity index (χ2v) is 4.47. The average Bonchev–Trinajstić information content (AvgIpc) is 2.54. The molecule has 2 aromatic carbocycles. The summed E-state index contributed by atoms with van der Waals surface area (Å²) in [5.41, 5.74) is 3.06. The minimum atomic E-state index is -0.198. The van der Waals surface area contributed by atoms with E-state index >= 15 is 0 Å². The Kier molecular flexibility index (Phi) is 3.69. The lowest BCUT2D eigenvalue weighted by Gasteiger charge is -2.01. The number of carbonyl (C=O) groups is 1. The summed E-state index contributed by atoms with van der Waals surface area (Å²) in [5, 5.41) is 2.78. The number of aromatic nitrogens is 2. The summed E-state index contributed by atoms with van der Waals surface area (Å²) >= 11 is 0. The quantitative estimate of drug-likeness (QED) is 0.746. The summed E-state index contributed by atoms with van der Waals surface area (Å²) < 4.78 is 0. The number of nitrogens with zero attached hydrogens (tertiary/aromatic N) is 2. The van der Waals surface area contributed by atoms with E-state index in [2.05, 4.69) is 15.3 Å². The summed E-state index contributed by atoms with van der Waals surface area (Å²) in [6, 6.07) is 16.9. The highest BCUT2D eigenvalue weighted by molar-refractivity contribution is 6.01. The fraction of sp³-hybridized carbons (Fsp3) is 0. The molecule has 1 amide bonds. The van der Waals surface area contributed by atoms with Gasteiger partial charge in [0, 0.05) is 11.8 Å². The molecule has 0 aliphatic heterocycles. The Labute approximate surface area is 122 Å². The zero-order chi connectivity index (χ0) is 14.5. The average molecular weight is 275 g/mol. The molecule has 21 heavy (non-hydrogen) atoms. The van der Waals surface area contributed by atoms with E-state index in [-0.39, 0.29) is 5.91 Å². The Hall–Kier alpha value is -3.01. The minimum absolute atomic E-state index is 0.198. The van der Waals surface area contributed by atoms with Gasteiger partial charge in [-0.25, -0.2) is 4.98 Å². The van der Waals surface area contributed by atoms with Crippen LogP contribution in [-0.2, 0) is 4.79 Å². The molecule has 102 valence electrons. The van der Waals surface area contributed by atoms with Crippen LogP contribution in [0.1, 0.15) is 5.69 Å². The highest BCUT2D eigenvalue weighted by Crippen LogP contribution is 2.09. The number of hydrogen-bond acceptors (Lipinski definition) is 3. The lowest BCUT2D eigenvalue weighted by atomic mass is 10.3. The lowest BCUT2D eigenvalue weighted by molar-refractivity contribution is -0.111. The van der Waals surface area contributed by atoms with Crippen LogP contribution in [-0.4, -0.2) is 15.9 Å². The molecule has 0 aliphatic rings. The summed E-state index contributed by atoms with van der Waals surface area (Å²) in [7, 11) is 0. The standard InChI is InChI=1S/C17H13N3O/c21-17(20-13-6-2-1-3-7-13)11-10-14-12-18-15-8-4-5-9-16(15)19-14/h1-12H,(H,20,21). The smallest absolute Gasteiger partial charge is 0.248 e. The normalized spacial score (nSPS) is 10.9. The molecule has 0 radical (unpaired) electrons. The molecule has 0 bridgehead atoms. The largest absolute Gasteiger partial charge is 0.323 e. The molecule has 1 N–H and O–H groups in total.